The lowest BCUT2D eigenvalue weighted by molar-refractivity contribution is 0.450. The second-order valence-electron chi connectivity index (χ2n) is 3.38. The maximum Gasteiger partial charge on any atom is 0.223 e. The van der Waals surface area contributed by atoms with E-state index in [-0.39, 0.29) is 18.2 Å². The number of benzene rings is 1. The Labute approximate surface area is 96.9 Å². The van der Waals surface area contributed by atoms with Gasteiger partial charge in [0.1, 0.15) is 17.4 Å². The smallest absolute Gasteiger partial charge is 0.223 e. The molecule has 0 radical (unpaired) electrons. The number of hydrogen-bond donors (Lipinski definition) is 1. The summed E-state index contributed by atoms with van der Waals surface area (Å²) in [6.07, 6.45) is 1.04. The minimum atomic E-state index is -0.475. The van der Waals surface area contributed by atoms with E-state index in [4.69, 9.17) is 10.5 Å². The molecule has 0 spiro atoms. The molecule has 0 aliphatic heterocycles. The highest BCUT2D eigenvalue weighted by atomic mass is 19.1. The zero-order valence-electron chi connectivity index (χ0n) is 8.86. The highest BCUT2D eigenvalue weighted by Crippen LogP contribution is 2.23. The molecule has 88 valence electrons. The lowest BCUT2D eigenvalue weighted by atomic mass is 10.2. The van der Waals surface area contributed by atoms with Crippen LogP contribution in [0.5, 0.6) is 11.6 Å². The molecule has 2 aromatic rings. The lowest BCUT2D eigenvalue weighted by Gasteiger charge is -2.08. The maximum atomic E-state index is 12.9. The van der Waals surface area contributed by atoms with Crippen LogP contribution < -0.4 is 10.5 Å². The van der Waals surface area contributed by atoms with E-state index in [1.807, 2.05) is 0 Å². The predicted molar refractivity (Wildman–Crippen MR) is 58.6 cm³/mol. The average Bonchev–Trinajstić information content (AvgIpc) is 2.34. The third-order valence-corrected chi connectivity index (χ3v) is 2.14. The van der Waals surface area contributed by atoms with Crippen LogP contribution >= 0.6 is 0 Å². The Kier molecular flexibility index (Phi) is 3.30. The molecule has 0 saturated heterocycles. The summed E-state index contributed by atoms with van der Waals surface area (Å²) in [5, 5.41) is 0. The molecule has 0 aliphatic carbocycles. The number of pyridine rings is 1. The lowest BCUT2D eigenvalue weighted by Crippen LogP contribution is -2.02. The van der Waals surface area contributed by atoms with E-state index < -0.39 is 5.82 Å². The summed E-state index contributed by atoms with van der Waals surface area (Å²) < 4.78 is 31.0. The fraction of sp³-hybridized carbons (Fsp3) is 0.0833. The van der Waals surface area contributed by atoms with Crippen molar-refractivity contribution in [3.8, 4) is 11.6 Å². The van der Waals surface area contributed by atoms with Crippen LogP contribution in [0.1, 0.15) is 5.56 Å². The van der Waals surface area contributed by atoms with E-state index in [1.165, 1.54) is 30.3 Å². The van der Waals surface area contributed by atoms with Gasteiger partial charge in [-0.3, -0.25) is 0 Å². The second-order valence-corrected chi connectivity index (χ2v) is 3.38. The predicted octanol–water partition coefficient (Wildman–Crippen LogP) is 2.61. The normalized spacial score (nSPS) is 10.3. The fourth-order valence-corrected chi connectivity index (χ4v) is 1.32. The van der Waals surface area contributed by atoms with Crippen molar-refractivity contribution < 1.29 is 13.5 Å². The van der Waals surface area contributed by atoms with E-state index in [0.717, 1.165) is 6.20 Å². The molecule has 0 aliphatic rings. The van der Waals surface area contributed by atoms with Crippen molar-refractivity contribution in [1.29, 1.82) is 0 Å². The minimum absolute atomic E-state index is 0.112. The molecule has 5 heteroatoms. The summed E-state index contributed by atoms with van der Waals surface area (Å²) >= 11 is 0. The largest absolute Gasteiger partial charge is 0.439 e. The SMILES string of the molecule is NCc1cc(F)cnc1Oc1ccc(F)cc1. The van der Waals surface area contributed by atoms with Gasteiger partial charge in [0, 0.05) is 12.1 Å². The molecule has 1 aromatic carbocycles. The van der Waals surface area contributed by atoms with Gasteiger partial charge < -0.3 is 10.5 Å². The molecule has 2 N–H and O–H groups in total. The topological polar surface area (TPSA) is 48.1 Å². The molecule has 1 aromatic heterocycles. The fourth-order valence-electron chi connectivity index (χ4n) is 1.32. The average molecular weight is 236 g/mol. The first-order valence-corrected chi connectivity index (χ1v) is 4.97. The van der Waals surface area contributed by atoms with Gasteiger partial charge in [-0.25, -0.2) is 13.8 Å². The molecule has 0 fully saturated rings. The Hall–Kier alpha value is -2.01. The first-order valence-electron chi connectivity index (χ1n) is 4.97. The van der Waals surface area contributed by atoms with Gasteiger partial charge in [0.2, 0.25) is 5.88 Å². The van der Waals surface area contributed by atoms with Crippen LogP contribution in [-0.4, -0.2) is 4.98 Å². The summed E-state index contributed by atoms with van der Waals surface area (Å²) in [4.78, 5) is 3.80. The Morgan fingerprint density at radius 1 is 1.12 bits per heavy atom. The molecule has 0 bridgehead atoms. The first kappa shape index (κ1) is 11.5. The summed E-state index contributed by atoms with van der Waals surface area (Å²) in [5.41, 5.74) is 5.90. The molecule has 17 heavy (non-hydrogen) atoms. The third kappa shape index (κ3) is 2.76. The van der Waals surface area contributed by atoms with Crippen molar-refractivity contribution in [2.45, 2.75) is 6.54 Å². The number of halogens is 2. The van der Waals surface area contributed by atoms with Gasteiger partial charge in [-0.05, 0) is 30.3 Å². The van der Waals surface area contributed by atoms with Crippen LogP contribution in [0.3, 0.4) is 0 Å². The summed E-state index contributed by atoms with van der Waals surface area (Å²) in [6, 6.07) is 6.70. The molecule has 1 heterocycles. The van der Waals surface area contributed by atoms with Crippen molar-refractivity contribution in [2.75, 3.05) is 0 Å². The van der Waals surface area contributed by atoms with Crippen LogP contribution in [0.15, 0.2) is 36.5 Å². The van der Waals surface area contributed by atoms with E-state index in [0.29, 0.717) is 11.3 Å². The summed E-state index contributed by atoms with van der Waals surface area (Å²) in [7, 11) is 0. The Morgan fingerprint density at radius 2 is 1.82 bits per heavy atom. The number of aromatic nitrogens is 1. The highest BCUT2D eigenvalue weighted by Gasteiger charge is 2.07. The van der Waals surface area contributed by atoms with E-state index in [1.54, 1.807) is 0 Å². The molecule has 0 saturated carbocycles. The first-order chi connectivity index (χ1) is 8.19. The second kappa shape index (κ2) is 4.88. The van der Waals surface area contributed by atoms with Gasteiger partial charge in [0.15, 0.2) is 0 Å². The zero-order chi connectivity index (χ0) is 12.3. The third-order valence-electron chi connectivity index (χ3n) is 2.14. The van der Waals surface area contributed by atoms with Crippen molar-refractivity contribution >= 4 is 0 Å². The number of nitrogens with zero attached hydrogens (tertiary/aromatic N) is 1. The Morgan fingerprint density at radius 3 is 2.47 bits per heavy atom. The van der Waals surface area contributed by atoms with Crippen molar-refractivity contribution in [2.24, 2.45) is 5.73 Å². The molecule has 0 amide bonds. The molecular formula is C12H10F2N2O. The van der Waals surface area contributed by atoms with Gasteiger partial charge >= 0.3 is 0 Å². The Bertz CT molecular complexity index is 514. The van der Waals surface area contributed by atoms with Crippen molar-refractivity contribution in [1.82, 2.24) is 4.98 Å². The van der Waals surface area contributed by atoms with E-state index in [9.17, 15) is 8.78 Å². The minimum Gasteiger partial charge on any atom is -0.439 e. The van der Waals surface area contributed by atoms with Crippen LogP contribution in [0.4, 0.5) is 8.78 Å². The van der Waals surface area contributed by atoms with E-state index >= 15 is 0 Å². The Balaban J connectivity index is 2.26. The summed E-state index contributed by atoms with van der Waals surface area (Å²) in [6.45, 7) is 0.112. The van der Waals surface area contributed by atoms with Crippen molar-refractivity contribution in [3.05, 3.63) is 53.7 Å². The molecule has 3 nitrogen and oxygen atoms in total. The number of nitrogens with two attached hydrogens (primary N) is 1. The quantitative estimate of drug-likeness (QED) is 0.891. The van der Waals surface area contributed by atoms with Gasteiger partial charge in [-0.15, -0.1) is 0 Å². The van der Waals surface area contributed by atoms with Gasteiger partial charge in [-0.1, -0.05) is 0 Å². The standard InChI is InChI=1S/C12H10F2N2O/c13-9-1-3-11(4-2-9)17-12-8(6-15)5-10(14)7-16-12/h1-5,7H,6,15H2. The van der Waals surface area contributed by atoms with Crippen LogP contribution in [0.2, 0.25) is 0 Å². The highest BCUT2D eigenvalue weighted by molar-refractivity contribution is 5.32. The maximum absolute atomic E-state index is 12.9. The van der Waals surface area contributed by atoms with Gasteiger partial charge in [-0.2, -0.15) is 0 Å². The van der Waals surface area contributed by atoms with Crippen LogP contribution in [0.25, 0.3) is 0 Å². The number of rotatable bonds is 3. The number of hydrogen-bond acceptors (Lipinski definition) is 3. The van der Waals surface area contributed by atoms with Crippen LogP contribution in [0, 0.1) is 11.6 Å². The van der Waals surface area contributed by atoms with Gasteiger partial charge in [0.25, 0.3) is 0 Å². The monoisotopic (exact) mass is 236 g/mol. The molecule has 0 unspecified atom stereocenters. The molecular weight excluding hydrogens is 226 g/mol. The molecule has 0 atom stereocenters. The van der Waals surface area contributed by atoms with Crippen LogP contribution in [-0.2, 0) is 6.54 Å². The zero-order valence-corrected chi connectivity index (χ0v) is 8.86. The number of ether oxygens (including phenoxy) is 1. The van der Waals surface area contributed by atoms with E-state index in [2.05, 4.69) is 4.98 Å². The van der Waals surface area contributed by atoms with Crippen molar-refractivity contribution in [3.63, 3.8) is 0 Å². The van der Waals surface area contributed by atoms with Gasteiger partial charge in [0.05, 0.1) is 6.20 Å². The molecule has 2 rings (SSSR count). The summed E-state index contributed by atoms with van der Waals surface area (Å²) in [5.74, 6) is -0.193.